The number of H-pyrrole nitrogens is 1. The summed E-state index contributed by atoms with van der Waals surface area (Å²) in [4.78, 5) is 31.4. The van der Waals surface area contributed by atoms with Gasteiger partial charge in [-0.15, -0.1) is 10.8 Å². The molecule has 7 nitrogen and oxygen atoms in total. The summed E-state index contributed by atoms with van der Waals surface area (Å²) in [6, 6.07) is 19.8. The zero-order chi connectivity index (χ0) is 28.4. The third-order valence-electron chi connectivity index (χ3n) is 8.12. The monoisotopic (exact) mass is 603 g/mol. The average Bonchev–Trinajstić information content (AvgIpc) is 3.26. The summed E-state index contributed by atoms with van der Waals surface area (Å²) < 4.78 is 23.2. The van der Waals surface area contributed by atoms with Crippen LogP contribution in [0, 0.1) is 5.92 Å². The van der Waals surface area contributed by atoms with Gasteiger partial charge in [0, 0.05) is 52.8 Å². The number of likely N-dealkylation sites (tertiary alicyclic amines) is 1. The van der Waals surface area contributed by atoms with Gasteiger partial charge in [0.15, 0.2) is 0 Å². The number of rotatable bonds is 8. The molecule has 0 saturated carbocycles. The molecule has 0 spiro atoms. The number of carbonyl (C=O) groups excluding carboxylic acids is 1. The second-order valence-electron chi connectivity index (χ2n) is 10.7. The van der Waals surface area contributed by atoms with E-state index in [2.05, 4.69) is 4.98 Å². The van der Waals surface area contributed by atoms with Crippen molar-refractivity contribution in [2.24, 2.45) is 5.92 Å². The highest BCUT2D eigenvalue weighted by Gasteiger charge is 2.46. The Balaban J connectivity index is 1.61. The van der Waals surface area contributed by atoms with Gasteiger partial charge in [-0.2, -0.15) is 0 Å². The van der Waals surface area contributed by atoms with Crippen LogP contribution in [0.3, 0.4) is 0 Å². The second kappa shape index (κ2) is 12.3. The molecule has 0 bridgehead atoms. The van der Waals surface area contributed by atoms with Crippen molar-refractivity contribution in [3.05, 3.63) is 104 Å². The molecular formula is C30H35Cl2N3O4S. The molecule has 1 aromatic heterocycles. The van der Waals surface area contributed by atoms with Gasteiger partial charge in [0.25, 0.3) is 0 Å². The summed E-state index contributed by atoms with van der Waals surface area (Å²) >= 11 is 12.7. The fourth-order valence-corrected chi connectivity index (χ4v) is 8.14. The molecule has 0 aliphatic carbocycles. The van der Waals surface area contributed by atoms with Crippen LogP contribution in [-0.4, -0.2) is 54.1 Å². The van der Waals surface area contributed by atoms with E-state index in [-0.39, 0.29) is 29.5 Å². The van der Waals surface area contributed by atoms with Gasteiger partial charge >= 0.3 is 0 Å². The quantitative estimate of drug-likeness (QED) is 0.265. The van der Waals surface area contributed by atoms with E-state index >= 15 is 0 Å². The van der Waals surface area contributed by atoms with Gasteiger partial charge in [0.05, 0.1) is 11.8 Å². The van der Waals surface area contributed by atoms with Crippen LogP contribution in [0.4, 0.5) is 0 Å². The molecule has 214 valence electrons. The SMILES string of the molecule is CCC(CN1CCCS1(O)O)N1C(=O)C(Cc2cccc(=O)[nH]2)CC(c2cccc(Cl)c2)C1c1ccc(Cl)cc1. The Bertz CT molecular complexity index is 1400. The molecule has 4 unspecified atom stereocenters. The van der Waals surface area contributed by atoms with Crippen molar-refractivity contribution in [1.82, 2.24) is 14.2 Å². The first-order valence-corrected chi connectivity index (χ1v) is 16.1. The number of nitrogens with one attached hydrogen (secondary N) is 1. The topological polar surface area (TPSA) is 96.9 Å². The van der Waals surface area contributed by atoms with E-state index in [4.69, 9.17) is 23.2 Å². The predicted molar refractivity (Wildman–Crippen MR) is 162 cm³/mol. The van der Waals surface area contributed by atoms with E-state index in [1.807, 2.05) is 66.4 Å². The highest BCUT2D eigenvalue weighted by Crippen LogP contribution is 2.51. The van der Waals surface area contributed by atoms with Crippen LogP contribution in [0.1, 0.15) is 55.0 Å². The molecule has 2 aliphatic rings. The largest absolute Gasteiger partial charge is 0.330 e. The lowest BCUT2D eigenvalue weighted by Crippen LogP contribution is -2.54. The van der Waals surface area contributed by atoms with Gasteiger partial charge in [0.1, 0.15) is 0 Å². The Hall–Kier alpha value is -2.33. The Kier molecular flexibility index (Phi) is 8.95. The molecule has 10 heteroatoms. The molecule has 5 rings (SSSR count). The zero-order valence-electron chi connectivity index (χ0n) is 22.4. The number of pyridine rings is 1. The summed E-state index contributed by atoms with van der Waals surface area (Å²) in [6.45, 7) is 2.98. The first-order chi connectivity index (χ1) is 19.2. The average molecular weight is 605 g/mol. The van der Waals surface area contributed by atoms with Crippen molar-refractivity contribution < 1.29 is 13.9 Å². The lowest BCUT2D eigenvalue weighted by atomic mass is 9.74. The number of halogens is 2. The summed E-state index contributed by atoms with van der Waals surface area (Å²) in [6.07, 6.45) is 2.31. The van der Waals surface area contributed by atoms with Crippen LogP contribution in [-0.2, 0) is 11.2 Å². The number of hydrogen-bond acceptors (Lipinski definition) is 5. The highest BCUT2D eigenvalue weighted by atomic mass is 35.5. The summed E-state index contributed by atoms with van der Waals surface area (Å²) in [5.74, 6) is -0.136. The van der Waals surface area contributed by atoms with Crippen LogP contribution >= 0.6 is 34.0 Å². The van der Waals surface area contributed by atoms with Gasteiger partial charge in [0.2, 0.25) is 11.5 Å². The molecule has 2 fully saturated rings. The van der Waals surface area contributed by atoms with Gasteiger partial charge in [-0.05, 0) is 67.1 Å². The minimum atomic E-state index is -2.85. The lowest BCUT2D eigenvalue weighted by Gasteiger charge is -2.50. The summed E-state index contributed by atoms with van der Waals surface area (Å²) in [5, 5.41) is 1.23. The van der Waals surface area contributed by atoms with Crippen molar-refractivity contribution in [3.63, 3.8) is 0 Å². The highest BCUT2D eigenvalue weighted by molar-refractivity contribution is 8.22. The smallest absolute Gasteiger partial charge is 0.248 e. The minimum absolute atomic E-state index is 0.00884. The summed E-state index contributed by atoms with van der Waals surface area (Å²) in [7, 11) is -2.85. The Morgan fingerprint density at radius 2 is 1.75 bits per heavy atom. The summed E-state index contributed by atoms with van der Waals surface area (Å²) in [5.41, 5.74) is 2.49. The molecule has 0 radical (unpaired) electrons. The number of aromatic amines is 1. The maximum Gasteiger partial charge on any atom is 0.248 e. The maximum absolute atomic E-state index is 14.5. The van der Waals surface area contributed by atoms with E-state index in [0.29, 0.717) is 60.3 Å². The molecule has 2 saturated heterocycles. The zero-order valence-corrected chi connectivity index (χ0v) is 24.7. The number of amides is 1. The number of hydrogen-bond donors (Lipinski definition) is 3. The standard InChI is InChI=1S/C30H35Cl2N3O4S/c1-2-26(19-34-14-5-15-40(34,38)39)35-29(20-10-12-23(31)13-11-20)27(21-6-3-7-24(32)16-21)18-22(30(35)37)17-25-8-4-9-28(36)33-25/h3-4,6-13,16,22,26-27,29,38-39H,2,5,14-15,17-19H2,1H3,(H,33,36). The number of nitrogens with zero attached hydrogens (tertiary/aromatic N) is 2. The Labute approximate surface area is 246 Å². The van der Waals surface area contributed by atoms with E-state index in [0.717, 1.165) is 11.1 Å². The van der Waals surface area contributed by atoms with Crippen LogP contribution in [0.5, 0.6) is 0 Å². The van der Waals surface area contributed by atoms with Crippen molar-refractivity contribution in [2.75, 3.05) is 18.8 Å². The van der Waals surface area contributed by atoms with Crippen LogP contribution in [0.15, 0.2) is 71.5 Å². The number of piperidine rings is 1. The molecular weight excluding hydrogens is 569 g/mol. The van der Waals surface area contributed by atoms with E-state index in [1.165, 1.54) is 6.07 Å². The molecule has 3 aromatic rings. The van der Waals surface area contributed by atoms with E-state index in [9.17, 15) is 18.7 Å². The first-order valence-electron chi connectivity index (χ1n) is 13.7. The van der Waals surface area contributed by atoms with Gasteiger partial charge in [-0.25, -0.2) is 4.31 Å². The number of benzene rings is 2. The van der Waals surface area contributed by atoms with Gasteiger partial charge in [-0.1, -0.05) is 60.5 Å². The normalized spacial score (nSPS) is 24.7. The van der Waals surface area contributed by atoms with Crippen molar-refractivity contribution in [1.29, 1.82) is 0 Å². The van der Waals surface area contributed by atoms with Gasteiger partial charge in [-0.3, -0.25) is 18.7 Å². The number of carbonyl (C=O) groups is 1. The number of aromatic nitrogens is 1. The Morgan fingerprint density at radius 3 is 2.40 bits per heavy atom. The van der Waals surface area contributed by atoms with Crippen molar-refractivity contribution in [3.8, 4) is 0 Å². The molecule has 2 aromatic carbocycles. The van der Waals surface area contributed by atoms with Crippen LogP contribution < -0.4 is 5.56 Å². The van der Waals surface area contributed by atoms with E-state index < -0.39 is 16.7 Å². The fourth-order valence-electron chi connectivity index (χ4n) is 6.21. The van der Waals surface area contributed by atoms with E-state index in [1.54, 1.807) is 10.4 Å². The lowest BCUT2D eigenvalue weighted by molar-refractivity contribution is -0.147. The maximum atomic E-state index is 14.5. The van der Waals surface area contributed by atoms with Crippen LogP contribution in [0.25, 0.3) is 0 Å². The second-order valence-corrected chi connectivity index (χ2v) is 13.8. The predicted octanol–water partition coefficient (Wildman–Crippen LogP) is 6.75. The third-order valence-corrected chi connectivity index (χ3v) is 10.6. The minimum Gasteiger partial charge on any atom is -0.330 e. The fraction of sp³-hybridized carbons (Fsp3) is 0.400. The molecule has 3 N–H and O–H groups in total. The van der Waals surface area contributed by atoms with Gasteiger partial charge < -0.3 is 9.88 Å². The van der Waals surface area contributed by atoms with Crippen molar-refractivity contribution in [2.45, 2.75) is 50.6 Å². The first kappa shape index (κ1) is 29.2. The molecule has 4 atom stereocenters. The molecule has 40 heavy (non-hydrogen) atoms. The molecule has 3 heterocycles. The van der Waals surface area contributed by atoms with Crippen molar-refractivity contribution >= 4 is 39.9 Å². The Morgan fingerprint density at radius 1 is 1.00 bits per heavy atom. The molecule has 1 amide bonds. The third kappa shape index (κ3) is 6.27. The van der Waals surface area contributed by atoms with Crippen LogP contribution in [0.2, 0.25) is 10.0 Å². The molecule has 2 aliphatic heterocycles.